The summed E-state index contributed by atoms with van der Waals surface area (Å²) in [5, 5.41) is 3.16. The van der Waals surface area contributed by atoms with Gasteiger partial charge in [-0.3, -0.25) is 0 Å². The molecule has 1 N–H and O–H groups in total. The van der Waals surface area contributed by atoms with Gasteiger partial charge in [-0.15, -0.1) is 0 Å². The van der Waals surface area contributed by atoms with E-state index in [1.165, 1.54) is 11.1 Å². The van der Waals surface area contributed by atoms with E-state index in [4.69, 9.17) is 4.74 Å². The zero-order valence-electron chi connectivity index (χ0n) is 11.9. The molecule has 0 radical (unpaired) electrons. The van der Waals surface area contributed by atoms with E-state index in [-0.39, 0.29) is 5.60 Å². The first-order chi connectivity index (χ1) is 7.84. The lowest BCUT2D eigenvalue weighted by atomic mass is 10.0. The van der Waals surface area contributed by atoms with Crippen molar-refractivity contribution in [2.45, 2.75) is 46.1 Å². The summed E-state index contributed by atoms with van der Waals surface area (Å²) >= 11 is 0. The third-order valence-corrected chi connectivity index (χ3v) is 2.74. The topological polar surface area (TPSA) is 21.3 Å². The van der Waals surface area contributed by atoms with Crippen LogP contribution in [0.5, 0.6) is 5.75 Å². The predicted molar refractivity (Wildman–Crippen MR) is 73.9 cm³/mol. The quantitative estimate of drug-likeness (QED) is 0.843. The molecule has 2 heteroatoms. The van der Waals surface area contributed by atoms with Crippen LogP contribution in [0.4, 0.5) is 0 Å². The highest BCUT2D eigenvalue weighted by molar-refractivity contribution is 5.35. The van der Waals surface area contributed by atoms with Crippen molar-refractivity contribution < 1.29 is 4.74 Å². The number of aryl methyl sites for hydroxylation is 1. The summed E-state index contributed by atoms with van der Waals surface area (Å²) < 4.78 is 6.05. The monoisotopic (exact) mass is 235 g/mol. The summed E-state index contributed by atoms with van der Waals surface area (Å²) in [6, 6.07) is 6.47. The first kappa shape index (κ1) is 14.0. The largest absolute Gasteiger partial charge is 0.487 e. The maximum atomic E-state index is 6.05. The molecule has 0 atom stereocenters. The summed E-state index contributed by atoms with van der Waals surface area (Å²) in [6.07, 6.45) is 0. The Morgan fingerprint density at radius 1 is 1.24 bits per heavy atom. The van der Waals surface area contributed by atoms with Gasteiger partial charge in [0.05, 0.1) is 0 Å². The minimum absolute atomic E-state index is 0.184. The zero-order chi connectivity index (χ0) is 13.1. The van der Waals surface area contributed by atoms with Crippen LogP contribution in [0.15, 0.2) is 18.2 Å². The number of ether oxygens (including phenoxy) is 1. The van der Waals surface area contributed by atoms with Gasteiger partial charge in [0.15, 0.2) is 0 Å². The Kier molecular flexibility index (Phi) is 4.58. The Balaban J connectivity index is 2.91. The smallest absolute Gasteiger partial charge is 0.120 e. The fraction of sp³-hybridized carbons (Fsp3) is 0.600. The third-order valence-electron chi connectivity index (χ3n) is 2.74. The molecule has 0 aromatic heterocycles. The maximum Gasteiger partial charge on any atom is 0.120 e. The molecular formula is C15H25NO. The van der Waals surface area contributed by atoms with Gasteiger partial charge in [-0.25, -0.2) is 0 Å². The van der Waals surface area contributed by atoms with E-state index in [1.807, 2.05) is 7.05 Å². The Hall–Kier alpha value is -1.02. The van der Waals surface area contributed by atoms with Crippen LogP contribution in [0, 0.1) is 6.92 Å². The van der Waals surface area contributed by atoms with Crippen LogP contribution in [0.1, 0.15) is 44.7 Å². The fourth-order valence-electron chi connectivity index (χ4n) is 1.95. The number of nitrogens with one attached hydrogen (secondary N) is 1. The molecular weight excluding hydrogens is 210 g/mol. The number of benzene rings is 1. The van der Waals surface area contributed by atoms with E-state index >= 15 is 0 Å². The highest BCUT2D eigenvalue weighted by atomic mass is 16.5. The summed E-state index contributed by atoms with van der Waals surface area (Å²) in [4.78, 5) is 0. The Morgan fingerprint density at radius 2 is 1.88 bits per heavy atom. The molecule has 0 aliphatic rings. The molecule has 1 rings (SSSR count). The van der Waals surface area contributed by atoms with Crippen LogP contribution < -0.4 is 10.1 Å². The number of rotatable bonds is 5. The lowest BCUT2D eigenvalue weighted by molar-refractivity contribution is 0.110. The van der Waals surface area contributed by atoms with Crippen molar-refractivity contribution in [3.05, 3.63) is 29.3 Å². The highest BCUT2D eigenvalue weighted by Gasteiger charge is 2.19. The van der Waals surface area contributed by atoms with Gasteiger partial charge in [0.1, 0.15) is 11.4 Å². The standard InChI is InChI=1S/C15H25NO/c1-11(2)13-7-12(3)8-14(9-13)17-15(4,5)10-16-6/h7-9,11,16H,10H2,1-6H3. The molecule has 0 spiro atoms. The van der Waals surface area contributed by atoms with Crippen molar-refractivity contribution in [3.63, 3.8) is 0 Å². The molecule has 0 fully saturated rings. The van der Waals surface area contributed by atoms with Gasteiger partial charge in [-0.1, -0.05) is 19.9 Å². The number of hydrogen-bond acceptors (Lipinski definition) is 2. The van der Waals surface area contributed by atoms with Crippen molar-refractivity contribution in [3.8, 4) is 5.75 Å². The van der Waals surface area contributed by atoms with Gasteiger partial charge < -0.3 is 10.1 Å². The Bertz CT molecular complexity index is 369. The molecule has 1 aromatic carbocycles. The van der Waals surface area contributed by atoms with Gasteiger partial charge >= 0.3 is 0 Å². The van der Waals surface area contributed by atoms with E-state index in [1.54, 1.807) is 0 Å². The van der Waals surface area contributed by atoms with Crippen LogP contribution in [-0.2, 0) is 0 Å². The van der Waals surface area contributed by atoms with E-state index in [9.17, 15) is 0 Å². The van der Waals surface area contributed by atoms with E-state index < -0.39 is 0 Å². The van der Waals surface area contributed by atoms with E-state index in [0.29, 0.717) is 5.92 Å². The van der Waals surface area contributed by atoms with Gasteiger partial charge in [-0.2, -0.15) is 0 Å². The van der Waals surface area contributed by atoms with Crippen LogP contribution in [0.25, 0.3) is 0 Å². The molecule has 0 heterocycles. The van der Waals surface area contributed by atoms with Crippen LogP contribution in [0.2, 0.25) is 0 Å². The summed E-state index contributed by atoms with van der Waals surface area (Å²) in [6.45, 7) is 11.6. The Morgan fingerprint density at radius 3 is 2.41 bits per heavy atom. The molecule has 0 unspecified atom stereocenters. The molecule has 0 saturated heterocycles. The SMILES string of the molecule is CNCC(C)(C)Oc1cc(C)cc(C(C)C)c1. The van der Waals surface area contributed by atoms with Crippen LogP contribution in [-0.4, -0.2) is 19.2 Å². The van der Waals surface area contributed by atoms with Gasteiger partial charge in [0, 0.05) is 6.54 Å². The second-order valence-corrected chi connectivity index (χ2v) is 5.63. The summed E-state index contributed by atoms with van der Waals surface area (Å²) in [5.41, 5.74) is 2.41. The normalized spacial score (nSPS) is 11.9. The minimum atomic E-state index is -0.184. The molecule has 0 aliphatic heterocycles. The van der Waals surface area contributed by atoms with Gasteiger partial charge in [-0.05, 0) is 57.0 Å². The fourth-order valence-corrected chi connectivity index (χ4v) is 1.95. The average Bonchev–Trinajstić information content (AvgIpc) is 2.15. The van der Waals surface area contributed by atoms with Gasteiger partial charge in [0.25, 0.3) is 0 Å². The first-order valence-electron chi connectivity index (χ1n) is 6.29. The predicted octanol–water partition coefficient (Wildman–Crippen LogP) is 3.50. The molecule has 96 valence electrons. The van der Waals surface area contributed by atoms with Crippen LogP contribution >= 0.6 is 0 Å². The van der Waals surface area contributed by atoms with Crippen molar-refractivity contribution in [1.82, 2.24) is 5.32 Å². The molecule has 0 bridgehead atoms. The van der Waals surface area contributed by atoms with Gasteiger partial charge in [0.2, 0.25) is 0 Å². The lowest BCUT2D eigenvalue weighted by Crippen LogP contribution is -2.38. The van der Waals surface area contributed by atoms with Crippen molar-refractivity contribution in [1.29, 1.82) is 0 Å². The van der Waals surface area contributed by atoms with Crippen LogP contribution in [0.3, 0.4) is 0 Å². The maximum absolute atomic E-state index is 6.05. The van der Waals surface area contributed by atoms with E-state index in [2.05, 4.69) is 58.1 Å². The van der Waals surface area contributed by atoms with Crippen molar-refractivity contribution in [2.75, 3.05) is 13.6 Å². The third kappa shape index (κ3) is 4.39. The second-order valence-electron chi connectivity index (χ2n) is 5.63. The zero-order valence-corrected chi connectivity index (χ0v) is 11.9. The molecule has 1 aromatic rings. The average molecular weight is 235 g/mol. The molecule has 0 saturated carbocycles. The second kappa shape index (κ2) is 5.54. The first-order valence-corrected chi connectivity index (χ1v) is 6.29. The minimum Gasteiger partial charge on any atom is -0.487 e. The summed E-state index contributed by atoms with van der Waals surface area (Å²) in [5.74, 6) is 1.50. The highest BCUT2D eigenvalue weighted by Crippen LogP contribution is 2.25. The molecule has 0 aliphatic carbocycles. The van der Waals surface area contributed by atoms with Crippen molar-refractivity contribution in [2.24, 2.45) is 0 Å². The number of hydrogen-bond donors (Lipinski definition) is 1. The Labute approximate surface area is 105 Å². The molecule has 2 nitrogen and oxygen atoms in total. The molecule has 17 heavy (non-hydrogen) atoms. The lowest BCUT2D eigenvalue weighted by Gasteiger charge is -2.27. The number of likely N-dealkylation sites (N-methyl/N-ethyl adjacent to an activating group) is 1. The molecule has 0 amide bonds. The van der Waals surface area contributed by atoms with E-state index in [0.717, 1.165) is 12.3 Å². The summed E-state index contributed by atoms with van der Waals surface area (Å²) in [7, 11) is 1.95. The van der Waals surface area contributed by atoms with Crippen molar-refractivity contribution >= 4 is 0 Å².